The second-order valence-corrected chi connectivity index (χ2v) is 9.46. The van der Waals surface area contributed by atoms with Crippen molar-refractivity contribution in [1.82, 2.24) is 5.32 Å². The fourth-order valence-electron chi connectivity index (χ4n) is 3.30. The van der Waals surface area contributed by atoms with Gasteiger partial charge in [0, 0.05) is 11.3 Å². The average Bonchev–Trinajstić information content (AvgIpc) is 2.74. The predicted octanol–water partition coefficient (Wildman–Crippen LogP) is 5.29. The summed E-state index contributed by atoms with van der Waals surface area (Å²) < 4.78 is 27.9. The van der Waals surface area contributed by atoms with Gasteiger partial charge in [-0.1, -0.05) is 48.9 Å². The van der Waals surface area contributed by atoms with Crippen LogP contribution in [-0.2, 0) is 10.0 Å². The molecule has 1 atom stereocenters. The minimum Gasteiger partial charge on any atom is -0.345 e. The van der Waals surface area contributed by atoms with Crippen LogP contribution in [-0.4, -0.2) is 14.3 Å². The molecule has 3 aromatic rings. The monoisotopic (exact) mass is 436 g/mol. The normalized spacial score (nSPS) is 12.3. The summed E-state index contributed by atoms with van der Waals surface area (Å²) in [6.45, 7) is 8.03. The molecule has 0 heterocycles. The molecule has 0 bridgehead atoms. The maximum Gasteiger partial charge on any atom is 0.261 e. The van der Waals surface area contributed by atoms with Crippen LogP contribution in [0.3, 0.4) is 0 Å². The van der Waals surface area contributed by atoms with Crippen LogP contribution in [0.15, 0.2) is 71.6 Å². The number of hydrogen-bond donors (Lipinski definition) is 2. The van der Waals surface area contributed by atoms with E-state index in [9.17, 15) is 13.2 Å². The molecule has 0 saturated heterocycles. The van der Waals surface area contributed by atoms with Crippen molar-refractivity contribution < 1.29 is 13.2 Å². The van der Waals surface area contributed by atoms with Gasteiger partial charge in [-0.25, -0.2) is 8.42 Å². The third-order valence-corrected chi connectivity index (χ3v) is 6.75. The molecule has 6 heteroatoms. The Morgan fingerprint density at radius 1 is 0.903 bits per heavy atom. The molecule has 2 N–H and O–H groups in total. The summed E-state index contributed by atoms with van der Waals surface area (Å²) in [5.74, 6) is -0.249. The van der Waals surface area contributed by atoms with Crippen molar-refractivity contribution in [3.8, 4) is 0 Å². The Hall–Kier alpha value is -3.12. The van der Waals surface area contributed by atoms with Crippen molar-refractivity contribution in [3.05, 3.63) is 94.5 Å². The third kappa shape index (κ3) is 5.52. The Bertz CT molecular complexity index is 1190. The number of carbonyl (C=O) groups excluding carboxylic acids is 1. The average molecular weight is 437 g/mol. The summed E-state index contributed by atoms with van der Waals surface area (Å²) in [5.41, 5.74) is 5.15. The van der Waals surface area contributed by atoms with E-state index in [4.69, 9.17) is 0 Å². The van der Waals surface area contributed by atoms with Crippen molar-refractivity contribution in [1.29, 1.82) is 0 Å². The maximum atomic E-state index is 12.9. The predicted molar refractivity (Wildman–Crippen MR) is 125 cm³/mol. The van der Waals surface area contributed by atoms with Crippen molar-refractivity contribution in [3.63, 3.8) is 0 Å². The number of anilines is 1. The van der Waals surface area contributed by atoms with E-state index in [-0.39, 0.29) is 16.8 Å². The lowest BCUT2D eigenvalue weighted by Crippen LogP contribution is -2.28. The number of aryl methyl sites for hydroxylation is 3. The van der Waals surface area contributed by atoms with Crippen LogP contribution in [0, 0.1) is 20.8 Å². The molecular weight excluding hydrogens is 408 g/mol. The molecule has 0 aliphatic rings. The van der Waals surface area contributed by atoms with Crippen LogP contribution in [0.4, 0.5) is 5.69 Å². The number of amides is 1. The Balaban J connectivity index is 1.77. The van der Waals surface area contributed by atoms with E-state index < -0.39 is 10.0 Å². The molecule has 1 amide bonds. The first kappa shape index (κ1) is 22.6. The number of nitrogens with one attached hydrogen (secondary N) is 2. The van der Waals surface area contributed by atoms with Crippen molar-refractivity contribution in [2.24, 2.45) is 0 Å². The Kier molecular flexibility index (Phi) is 6.81. The molecule has 3 rings (SSSR count). The second kappa shape index (κ2) is 9.35. The van der Waals surface area contributed by atoms with Gasteiger partial charge in [0.2, 0.25) is 0 Å². The van der Waals surface area contributed by atoms with Crippen molar-refractivity contribution in [2.45, 2.75) is 45.1 Å². The van der Waals surface area contributed by atoms with Gasteiger partial charge in [0.1, 0.15) is 0 Å². The van der Waals surface area contributed by atoms with Crippen LogP contribution in [0.1, 0.15) is 52.0 Å². The SMILES string of the molecule is CC[C@@H](NC(=O)c1cccc(NS(=O)(=O)c2ccc(C)cc2)c1)c1ccc(C)c(C)c1. The zero-order valence-electron chi connectivity index (χ0n) is 18.3. The molecule has 5 nitrogen and oxygen atoms in total. The Morgan fingerprint density at radius 3 is 2.26 bits per heavy atom. The first-order valence-electron chi connectivity index (χ1n) is 10.3. The van der Waals surface area contributed by atoms with Gasteiger partial charge < -0.3 is 5.32 Å². The molecule has 0 fully saturated rings. The van der Waals surface area contributed by atoms with E-state index in [0.29, 0.717) is 11.3 Å². The van der Waals surface area contributed by atoms with E-state index in [1.807, 2.05) is 19.9 Å². The van der Waals surface area contributed by atoms with Crippen molar-refractivity contribution >= 4 is 21.6 Å². The highest BCUT2D eigenvalue weighted by Crippen LogP contribution is 2.22. The molecule has 3 aromatic carbocycles. The molecule has 31 heavy (non-hydrogen) atoms. The molecular formula is C25H28N2O3S. The number of sulfonamides is 1. The zero-order valence-corrected chi connectivity index (χ0v) is 19.1. The van der Waals surface area contributed by atoms with Crippen LogP contribution in [0.5, 0.6) is 0 Å². The Labute approximate surface area is 184 Å². The maximum absolute atomic E-state index is 12.9. The lowest BCUT2D eigenvalue weighted by molar-refractivity contribution is 0.0935. The van der Waals surface area contributed by atoms with E-state index >= 15 is 0 Å². The van der Waals surface area contributed by atoms with Gasteiger partial charge in [-0.05, 0) is 74.2 Å². The van der Waals surface area contributed by atoms with Crippen LogP contribution in [0.25, 0.3) is 0 Å². The summed E-state index contributed by atoms with van der Waals surface area (Å²) in [6.07, 6.45) is 0.744. The van der Waals surface area contributed by atoms with Gasteiger partial charge in [-0.3, -0.25) is 9.52 Å². The molecule has 0 unspecified atom stereocenters. The highest BCUT2D eigenvalue weighted by atomic mass is 32.2. The summed E-state index contributed by atoms with van der Waals surface area (Å²) in [4.78, 5) is 13.1. The summed E-state index contributed by atoms with van der Waals surface area (Å²) in [7, 11) is -3.73. The lowest BCUT2D eigenvalue weighted by Gasteiger charge is -2.19. The number of hydrogen-bond acceptors (Lipinski definition) is 3. The number of benzene rings is 3. The van der Waals surface area contributed by atoms with E-state index in [0.717, 1.165) is 17.5 Å². The largest absolute Gasteiger partial charge is 0.345 e. The number of carbonyl (C=O) groups is 1. The fraction of sp³-hybridized carbons (Fsp3) is 0.240. The van der Waals surface area contributed by atoms with Gasteiger partial charge in [0.15, 0.2) is 0 Å². The lowest BCUT2D eigenvalue weighted by atomic mass is 9.99. The van der Waals surface area contributed by atoms with Crippen molar-refractivity contribution in [2.75, 3.05) is 4.72 Å². The molecule has 0 radical (unpaired) electrons. The third-order valence-electron chi connectivity index (χ3n) is 5.36. The summed E-state index contributed by atoms with van der Waals surface area (Å²) in [6, 6.07) is 19.2. The van der Waals surface area contributed by atoms with Gasteiger partial charge >= 0.3 is 0 Å². The van der Waals surface area contributed by atoms with Gasteiger partial charge in [-0.2, -0.15) is 0 Å². The summed E-state index contributed by atoms with van der Waals surface area (Å²) >= 11 is 0. The van der Waals surface area contributed by atoms with E-state index in [1.165, 1.54) is 11.1 Å². The molecule has 0 aliphatic carbocycles. The molecule has 0 spiro atoms. The van der Waals surface area contributed by atoms with Crippen LogP contribution < -0.4 is 10.0 Å². The van der Waals surface area contributed by atoms with Gasteiger partial charge in [0.05, 0.1) is 10.9 Å². The highest BCUT2D eigenvalue weighted by Gasteiger charge is 2.17. The molecule has 0 saturated carbocycles. The first-order chi connectivity index (χ1) is 14.7. The molecule has 0 aliphatic heterocycles. The smallest absolute Gasteiger partial charge is 0.261 e. The minimum atomic E-state index is -3.73. The fourth-order valence-corrected chi connectivity index (χ4v) is 4.35. The first-order valence-corrected chi connectivity index (χ1v) is 11.8. The second-order valence-electron chi connectivity index (χ2n) is 7.78. The van der Waals surface area contributed by atoms with E-state index in [2.05, 4.69) is 36.0 Å². The topological polar surface area (TPSA) is 75.3 Å². The highest BCUT2D eigenvalue weighted by molar-refractivity contribution is 7.92. The Morgan fingerprint density at radius 2 is 1.61 bits per heavy atom. The summed E-state index contributed by atoms with van der Waals surface area (Å²) in [5, 5.41) is 3.06. The van der Waals surface area contributed by atoms with Crippen LogP contribution >= 0.6 is 0 Å². The molecule has 0 aromatic heterocycles. The quantitative estimate of drug-likeness (QED) is 0.528. The van der Waals surface area contributed by atoms with Gasteiger partial charge in [0.25, 0.3) is 15.9 Å². The molecule has 162 valence electrons. The zero-order chi connectivity index (χ0) is 22.6. The number of rotatable bonds is 7. The van der Waals surface area contributed by atoms with Crippen LogP contribution in [0.2, 0.25) is 0 Å². The van der Waals surface area contributed by atoms with Gasteiger partial charge in [-0.15, -0.1) is 0 Å². The minimum absolute atomic E-state index is 0.125. The van der Waals surface area contributed by atoms with E-state index in [1.54, 1.807) is 48.5 Å². The standard InChI is InChI=1S/C25H28N2O3S/c1-5-24(20-12-11-18(3)19(4)15-20)26-25(28)21-7-6-8-22(16-21)27-31(29,30)23-13-9-17(2)10-14-23/h6-16,24,27H,5H2,1-4H3,(H,26,28)/t24-/m1/s1.